The van der Waals surface area contributed by atoms with Gasteiger partial charge in [0.05, 0.1) is 0 Å². The Hall–Kier alpha value is -2.79. The fourth-order valence-electron chi connectivity index (χ4n) is 3.08. The molecule has 5 nitrogen and oxygen atoms in total. The lowest BCUT2D eigenvalue weighted by atomic mass is 10.1. The molecule has 3 rings (SSSR count). The summed E-state index contributed by atoms with van der Waals surface area (Å²) in [6.45, 7) is 6.70. The Balaban J connectivity index is 1.64. The number of hydrogen-bond donors (Lipinski definition) is 1. The minimum Gasteiger partial charge on any atom is -0.368 e. The van der Waals surface area contributed by atoms with Crippen molar-refractivity contribution in [3.63, 3.8) is 0 Å². The van der Waals surface area contributed by atoms with Crippen molar-refractivity contribution in [3.05, 3.63) is 77.3 Å². The van der Waals surface area contributed by atoms with Crippen LogP contribution in [0.3, 0.4) is 0 Å². The second-order valence-electron chi connectivity index (χ2n) is 6.34. The molecule has 6 heteroatoms. The summed E-state index contributed by atoms with van der Waals surface area (Å²) in [5.41, 5.74) is 2.06. The Bertz CT molecular complexity index is 845. The first-order valence-electron chi connectivity index (χ1n) is 8.87. The summed E-state index contributed by atoms with van der Waals surface area (Å²) in [5.74, 6) is -0.269. The van der Waals surface area contributed by atoms with Crippen LogP contribution < -0.4 is 10.2 Å². The fourth-order valence-corrected chi connectivity index (χ4v) is 3.27. The number of halogens is 1. The topological polar surface area (TPSA) is 52.7 Å². The number of anilines is 1. The predicted octanol–water partition coefficient (Wildman–Crippen LogP) is 3.22. The molecule has 2 aromatic rings. The van der Waals surface area contributed by atoms with Crippen molar-refractivity contribution in [2.45, 2.75) is 0 Å². The third-order valence-electron chi connectivity index (χ3n) is 4.52. The molecule has 0 spiro atoms. The van der Waals surface area contributed by atoms with Crippen LogP contribution >= 0.6 is 11.6 Å². The monoisotopic (exact) mass is 383 g/mol. The van der Waals surface area contributed by atoms with Gasteiger partial charge in [0.1, 0.15) is 0 Å². The third-order valence-corrected chi connectivity index (χ3v) is 4.75. The van der Waals surface area contributed by atoms with Gasteiger partial charge in [-0.15, -0.1) is 6.58 Å². The molecular weight excluding hydrogens is 362 g/mol. The SMILES string of the molecule is C=CCNC(=O)c1cccc(C(=O)N2CCN(c3cccc(Cl)c3)CC2)c1. The molecule has 1 aliphatic heterocycles. The van der Waals surface area contributed by atoms with Gasteiger partial charge in [0, 0.05) is 54.6 Å². The van der Waals surface area contributed by atoms with Gasteiger partial charge >= 0.3 is 0 Å². The van der Waals surface area contributed by atoms with Crippen molar-refractivity contribution in [3.8, 4) is 0 Å². The molecule has 140 valence electrons. The van der Waals surface area contributed by atoms with Gasteiger partial charge in [0.2, 0.25) is 0 Å². The van der Waals surface area contributed by atoms with E-state index in [0.29, 0.717) is 35.8 Å². The molecular formula is C21H22ClN3O2. The summed E-state index contributed by atoms with van der Waals surface area (Å²) < 4.78 is 0. The van der Waals surface area contributed by atoms with E-state index in [9.17, 15) is 9.59 Å². The average Bonchev–Trinajstić information content (AvgIpc) is 2.71. The van der Waals surface area contributed by atoms with Gasteiger partial charge in [-0.25, -0.2) is 0 Å². The maximum absolute atomic E-state index is 12.8. The molecule has 27 heavy (non-hydrogen) atoms. The minimum atomic E-state index is -0.213. The molecule has 1 saturated heterocycles. The van der Waals surface area contributed by atoms with Gasteiger partial charge in [-0.2, -0.15) is 0 Å². The van der Waals surface area contributed by atoms with E-state index in [0.717, 1.165) is 18.8 Å². The van der Waals surface area contributed by atoms with E-state index in [1.807, 2.05) is 29.2 Å². The van der Waals surface area contributed by atoms with Gasteiger partial charge in [0.15, 0.2) is 0 Å². The number of rotatable bonds is 5. The molecule has 1 N–H and O–H groups in total. The van der Waals surface area contributed by atoms with Crippen LogP contribution in [0.4, 0.5) is 5.69 Å². The smallest absolute Gasteiger partial charge is 0.253 e. The standard InChI is InChI=1S/C21H22ClN3O2/c1-2-9-23-20(26)16-5-3-6-17(14-16)21(27)25-12-10-24(11-13-25)19-8-4-7-18(22)15-19/h2-8,14-15H,1,9-13H2,(H,23,26). The fraction of sp³-hybridized carbons (Fsp3) is 0.238. The molecule has 1 heterocycles. The molecule has 0 bridgehead atoms. The van der Waals surface area contributed by atoms with E-state index in [2.05, 4.69) is 16.8 Å². The van der Waals surface area contributed by atoms with Crippen LogP contribution in [0, 0.1) is 0 Å². The van der Waals surface area contributed by atoms with Gasteiger partial charge in [-0.1, -0.05) is 29.8 Å². The van der Waals surface area contributed by atoms with E-state index in [4.69, 9.17) is 11.6 Å². The molecule has 0 saturated carbocycles. The molecule has 0 aromatic heterocycles. The number of carbonyl (C=O) groups excluding carboxylic acids is 2. The number of benzene rings is 2. The molecule has 2 aromatic carbocycles. The Kier molecular flexibility index (Phi) is 6.14. The second-order valence-corrected chi connectivity index (χ2v) is 6.78. The zero-order chi connectivity index (χ0) is 19.2. The van der Waals surface area contributed by atoms with Crippen LogP contribution in [0.2, 0.25) is 5.02 Å². The highest BCUT2D eigenvalue weighted by Crippen LogP contribution is 2.21. The number of nitrogens with one attached hydrogen (secondary N) is 1. The summed E-state index contributed by atoms with van der Waals surface area (Å²) >= 11 is 6.07. The summed E-state index contributed by atoms with van der Waals surface area (Å²) in [5, 5.41) is 3.43. The zero-order valence-corrected chi connectivity index (χ0v) is 15.8. The average molecular weight is 384 g/mol. The largest absolute Gasteiger partial charge is 0.368 e. The maximum Gasteiger partial charge on any atom is 0.253 e. The quantitative estimate of drug-likeness (QED) is 0.806. The first-order chi connectivity index (χ1) is 13.1. The number of nitrogens with zero attached hydrogens (tertiary/aromatic N) is 2. The highest BCUT2D eigenvalue weighted by Gasteiger charge is 2.23. The lowest BCUT2D eigenvalue weighted by Gasteiger charge is -2.36. The van der Waals surface area contributed by atoms with Crippen molar-refractivity contribution in [2.24, 2.45) is 0 Å². The first kappa shape index (κ1) is 19.0. The highest BCUT2D eigenvalue weighted by molar-refractivity contribution is 6.30. The molecule has 0 aliphatic carbocycles. The maximum atomic E-state index is 12.8. The van der Waals surface area contributed by atoms with Gasteiger partial charge < -0.3 is 15.1 Å². The van der Waals surface area contributed by atoms with Crippen molar-refractivity contribution < 1.29 is 9.59 Å². The van der Waals surface area contributed by atoms with E-state index in [1.54, 1.807) is 30.3 Å². The Morgan fingerprint density at radius 1 is 1.04 bits per heavy atom. The molecule has 2 amide bonds. The Morgan fingerprint density at radius 3 is 2.44 bits per heavy atom. The summed E-state index contributed by atoms with van der Waals surface area (Å²) in [6.07, 6.45) is 1.62. The lowest BCUT2D eigenvalue weighted by molar-refractivity contribution is 0.0747. The van der Waals surface area contributed by atoms with Gasteiger partial charge in [-0.05, 0) is 36.4 Å². The molecule has 0 unspecified atom stereocenters. The normalized spacial score (nSPS) is 14.0. The molecule has 0 atom stereocenters. The van der Waals surface area contributed by atoms with Gasteiger partial charge in [0.25, 0.3) is 11.8 Å². The van der Waals surface area contributed by atoms with E-state index in [1.165, 1.54) is 0 Å². The van der Waals surface area contributed by atoms with Crippen molar-refractivity contribution in [2.75, 3.05) is 37.6 Å². The van der Waals surface area contributed by atoms with E-state index in [-0.39, 0.29) is 11.8 Å². The Morgan fingerprint density at radius 2 is 1.74 bits per heavy atom. The van der Waals surface area contributed by atoms with E-state index >= 15 is 0 Å². The number of carbonyl (C=O) groups is 2. The van der Waals surface area contributed by atoms with Crippen LogP contribution in [0.5, 0.6) is 0 Å². The summed E-state index contributed by atoms with van der Waals surface area (Å²) in [4.78, 5) is 28.9. The van der Waals surface area contributed by atoms with Crippen molar-refractivity contribution in [1.82, 2.24) is 10.2 Å². The summed E-state index contributed by atoms with van der Waals surface area (Å²) in [7, 11) is 0. The van der Waals surface area contributed by atoms with Crippen LogP contribution in [0.1, 0.15) is 20.7 Å². The van der Waals surface area contributed by atoms with Crippen LogP contribution in [-0.4, -0.2) is 49.4 Å². The minimum absolute atomic E-state index is 0.0564. The van der Waals surface area contributed by atoms with Crippen molar-refractivity contribution in [1.29, 1.82) is 0 Å². The van der Waals surface area contributed by atoms with E-state index < -0.39 is 0 Å². The van der Waals surface area contributed by atoms with Crippen LogP contribution in [-0.2, 0) is 0 Å². The number of amides is 2. The van der Waals surface area contributed by atoms with Crippen molar-refractivity contribution >= 4 is 29.1 Å². The lowest BCUT2D eigenvalue weighted by Crippen LogP contribution is -2.48. The first-order valence-corrected chi connectivity index (χ1v) is 9.25. The summed E-state index contributed by atoms with van der Waals surface area (Å²) in [6, 6.07) is 14.6. The second kappa shape index (κ2) is 8.73. The third kappa shape index (κ3) is 4.68. The Labute approximate surface area is 164 Å². The van der Waals surface area contributed by atoms with Crippen LogP contribution in [0.15, 0.2) is 61.2 Å². The highest BCUT2D eigenvalue weighted by atomic mass is 35.5. The molecule has 1 aliphatic rings. The molecule has 1 fully saturated rings. The zero-order valence-electron chi connectivity index (χ0n) is 15.0. The molecule has 0 radical (unpaired) electrons. The predicted molar refractivity (Wildman–Crippen MR) is 109 cm³/mol. The number of hydrogen-bond acceptors (Lipinski definition) is 3. The van der Waals surface area contributed by atoms with Gasteiger partial charge in [-0.3, -0.25) is 9.59 Å². The number of piperazine rings is 1. The van der Waals surface area contributed by atoms with Crippen LogP contribution in [0.25, 0.3) is 0 Å².